The predicted molar refractivity (Wildman–Crippen MR) is 106 cm³/mol. The molecule has 2 aliphatic heterocycles. The quantitative estimate of drug-likeness (QED) is 0.717. The van der Waals surface area contributed by atoms with Crippen LogP contribution >= 0.6 is 0 Å². The molecule has 3 rings (SSSR count). The number of ether oxygens (including phenoxy) is 1. The maximum atomic E-state index is 12.6. The number of rotatable bonds is 6. The summed E-state index contributed by atoms with van der Waals surface area (Å²) in [5.74, 6) is -0.259. The highest BCUT2D eigenvalue weighted by Crippen LogP contribution is 2.15. The number of hydrogen-bond acceptors (Lipinski definition) is 6. The third-order valence-electron chi connectivity index (χ3n) is 5.31. The van der Waals surface area contributed by atoms with Crippen LogP contribution in [-0.4, -0.2) is 77.6 Å². The zero-order chi connectivity index (χ0) is 20.6. The van der Waals surface area contributed by atoms with Gasteiger partial charge in [-0.15, -0.1) is 0 Å². The van der Waals surface area contributed by atoms with Crippen LogP contribution in [0.2, 0.25) is 0 Å². The molecular weight excluding hydrogens is 374 g/mol. The smallest absolute Gasteiger partial charge is 0.409 e. The highest BCUT2D eigenvalue weighted by Gasteiger charge is 2.32. The zero-order valence-corrected chi connectivity index (χ0v) is 16.8. The molecule has 0 aliphatic carbocycles. The van der Waals surface area contributed by atoms with Crippen LogP contribution in [0.25, 0.3) is 0 Å². The summed E-state index contributed by atoms with van der Waals surface area (Å²) in [5, 5.41) is 5.88. The number of pyridine rings is 1. The van der Waals surface area contributed by atoms with Gasteiger partial charge in [0.2, 0.25) is 11.8 Å². The van der Waals surface area contributed by atoms with E-state index in [1.807, 2.05) is 17.0 Å². The molecule has 1 atom stereocenters. The number of aromatic nitrogens is 1. The molecule has 2 aliphatic rings. The standard InChI is InChI=1S/C20H29N5O4/c1-2-29-20(28)24-9-5-16(6-10-24)23-18(26)12-17-19(27)22-8-11-25(17)14-15-4-3-7-21-13-15/h3-4,7,13,16-17H,2,5-6,8-12,14H2,1H3,(H,22,27)(H,23,26). The van der Waals surface area contributed by atoms with Gasteiger partial charge in [-0.2, -0.15) is 0 Å². The summed E-state index contributed by atoms with van der Waals surface area (Å²) in [5.41, 5.74) is 1.01. The van der Waals surface area contributed by atoms with Gasteiger partial charge in [-0.3, -0.25) is 19.5 Å². The lowest BCUT2D eigenvalue weighted by Gasteiger charge is -2.35. The first kappa shape index (κ1) is 21.0. The molecule has 158 valence electrons. The molecule has 0 saturated carbocycles. The summed E-state index contributed by atoms with van der Waals surface area (Å²) in [7, 11) is 0. The molecule has 3 amide bonds. The summed E-state index contributed by atoms with van der Waals surface area (Å²) in [6.07, 6.45) is 4.67. The Morgan fingerprint density at radius 2 is 2.10 bits per heavy atom. The molecule has 1 aromatic rings. The van der Waals surface area contributed by atoms with Gasteiger partial charge in [0.1, 0.15) is 0 Å². The molecule has 0 spiro atoms. The summed E-state index contributed by atoms with van der Waals surface area (Å²) in [4.78, 5) is 44.6. The highest BCUT2D eigenvalue weighted by molar-refractivity contribution is 5.89. The minimum absolute atomic E-state index is 0.00611. The first-order valence-electron chi connectivity index (χ1n) is 10.2. The van der Waals surface area contributed by atoms with E-state index in [9.17, 15) is 14.4 Å². The Kier molecular flexibility index (Phi) is 7.40. The average Bonchev–Trinajstić information content (AvgIpc) is 2.72. The molecule has 0 radical (unpaired) electrons. The van der Waals surface area contributed by atoms with Crippen molar-refractivity contribution < 1.29 is 19.1 Å². The van der Waals surface area contributed by atoms with Crippen molar-refractivity contribution in [2.75, 3.05) is 32.8 Å². The van der Waals surface area contributed by atoms with Crippen molar-refractivity contribution in [1.82, 2.24) is 25.4 Å². The largest absolute Gasteiger partial charge is 0.450 e. The number of carbonyl (C=O) groups excluding carboxylic acids is 3. The van der Waals surface area contributed by atoms with Gasteiger partial charge in [-0.05, 0) is 31.4 Å². The Labute approximate surface area is 170 Å². The molecule has 9 nitrogen and oxygen atoms in total. The van der Waals surface area contributed by atoms with E-state index in [0.717, 1.165) is 5.56 Å². The van der Waals surface area contributed by atoms with E-state index in [2.05, 4.69) is 15.6 Å². The van der Waals surface area contributed by atoms with Gasteiger partial charge in [-0.1, -0.05) is 6.07 Å². The summed E-state index contributed by atoms with van der Waals surface area (Å²) < 4.78 is 5.02. The Morgan fingerprint density at radius 3 is 2.79 bits per heavy atom. The predicted octanol–water partition coefficient (Wildman–Crippen LogP) is 0.509. The fourth-order valence-corrected chi connectivity index (χ4v) is 3.78. The number of piperidine rings is 1. The number of amides is 3. The Balaban J connectivity index is 1.50. The monoisotopic (exact) mass is 403 g/mol. The van der Waals surface area contributed by atoms with Gasteiger partial charge < -0.3 is 20.3 Å². The van der Waals surface area contributed by atoms with E-state index in [0.29, 0.717) is 52.2 Å². The second-order valence-corrected chi connectivity index (χ2v) is 7.37. The lowest BCUT2D eigenvalue weighted by Crippen LogP contribution is -2.56. The lowest BCUT2D eigenvalue weighted by atomic mass is 10.0. The number of nitrogens with zero attached hydrogens (tertiary/aromatic N) is 3. The summed E-state index contributed by atoms with van der Waals surface area (Å²) in [6, 6.07) is 3.34. The normalized spacial score (nSPS) is 20.8. The van der Waals surface area contributed by atoms with Crippen LogP contribution in [0.4, 0.5) is 4.79 Å². The fraction of sp³-hybridized carbons (Fsp3) is 0.600. The molecule has 29 heavy (non-hydrogen) atoms. The maximum Gasteiger partial charge on any atom is 0.409 e. The molecule has 2 fully saturated rings. The van der Waals surface area contributed by atoms with Crippen molar-refractivity contribution in [3.63, 3.8) is 0 Å². The van der Waals surface area contributed by atoms with Crippen LogP contribution in [0.1, 0.15) is 31.7 Å². The van der Waals surface area contributed by atoms with Crippen LogP contribution in [-0.2, 0) is 20.9 Å². The topological polar surface area (TPSA) is 104 Å². The van der Waals surface area contributed by atoms with E-state index in [4.69, 9.17) is 4.74 Å². The molecule has 0 aromatic carbocycles. The first-order valence-corrected chi connectivity index (χ1v) is 10.2. The highest BCUT2D eigenvalue weighted by atomic mass is 16.6. The molecule has 1 aromatic heterocycles. The summed E-state index contributed by atoms with van der Waals surface area (Å²) in [6.45, 7) is 5.09. The Morgan fingerprint density at radius 1 is 1.31 bits per heavy atom. The van der Waals surface area contributed by atoms with Gasteiger partial charge in [0.25, 0.3) is 0 Å². The van der Waals surface area contributed by atoms with Crippen LogP contribution in [0.3, 0.4) is 0 Å². The van der Waals surface area contributed by atoms with E-state index in [1.165, 1.54) is 0 Å². The van der Waals surface area contributed by atoms with Gasteiger partial charge in [0, 0.05) is 51.2 Å². The van der Waals surface area contributed by atoms with Crippen molar-refractivity contribution >= 4 is 17.9 Å². The fourth-order valence-electron chi connectivity index (χ4n) is 3.78. The average molecular weight is 403 g/mol. The van der Waals surface area contributed by atoms with Crippen molar-refractivity contribution in [2.24, 2.45) is 0 Å². The van der Waals surface area contributed by atoms with Crippen LogP contribution in [0.15, 0.2) is 24.5 Å². The molecule has 2 saturated heterocycles. The van der Waals surface area contributed by atoms with Crippen LogP contribution in [0.5, 0.6) is 0 Å². The summed E-state index contributed by atoms with van der Waals surface area (Å²) >= 11 is 0. The van der Waals surface area contributed by atoms with Gasteiger partial charge in [0.15, 0.2) is 0 Å². The lowest BCUT2D eigenvalue weighted by molar-refractivity contribution is -0.134. The van der Waals surface area contributed by atoms with Gasteiger partial charge in [0.05, 0.1) is 19.1 Å². The minimum Gasteiger partial charge on any atom is -0.450 e. The molecular formula is C20H29N5O4. The second-order valence-electron chi connectivity index (χ2n) is 7.37. The van der Waals surface area contributed by atoms with Gasteiger partial charge in [-0.25, -0.2) is 4.79 Å². The van der Waals surface area contributed by atoms with Gasteiger partial charge >= 0.3 is 6.09 Å². The Bertz CT molecular complexity index is 706. The number of piperazine rings is 1. The minimum atomic E-state index is -0.497. The second kappa shape index (κ2) is 10.2. The van der Waals surface area contributed by atoms with Crippen molar-refractivity contribution in [3.8, 4) is 0 Å². The molecule has 2 N–H and O–H groups in total. The van der Waals surface area contributed by atoms with E-state index < -0.39 is 6.04 Å². The molecule has 9 heteroatoms. The molecule has 1 unspecified atom stereocenters. The van der Waals surface area contributed by atoms with E-state index in [-0.39, 0.29) is 30.4 Å². The number of nitrogens with one attached hydrogen (secondary N) is 2. The number of carbonyl (C=O) groups is 3. The number of hydrogen-bond donors (Lipinski definition) is 2. The SMILES string of the molecule is CCOC(=O)N1CCC(NC(=O)CC2C(=O)NCCN2Cc2cccnc2)CC1. The van der Waals surface area contributed by atoms with Crippen molar-refractivity contribution in [2.45, 2.75) is 44.8 Å². The maximum absolute atomic E-state index is 12.6. The van der Waals surface area contributed by atoms with Crippen molar-refractivity contribution in [1.29, 1.82) is 0 Å². The third kappa shape index (κ3) is 5.90. The number of likely N-dealkylation sites (tertiary alicyclic amines) is 1. The zero-order valence-electron chi connectivity index (χ0n) is 16.8. The van der Waals surface area contributed by atoms with Crippen LogP contribution < -0.4 is 10.6 Å². The Hall–Kier alpha value is -2.68. The van der Waals surface area contributed by atoms with Crippen LogP contribution in [0, 0.1) is 0 Å². The van der Waals surface area contributed by atoms with E-state index in [1.54, 1.807) is 24.2 Å². The molecule has 0 bridgehead atoms. The van der Waals surface area contributed by atoms with E-state index >= 15 is 0 Å². The third-order valence-corrected chi connectivity index (χ3v) is 5.31. The first-order chi connectivity index (χ1) is 14.1. The molecule has 3 heterocycles. The van der Waals surface area contributed by atoms with Crippen molar-refractivity contribution in [3.05, 3.63) is 30.1 Å².